The van der Waals surface area contributed by atoms with E-state index in [-0.39, 0.29) is 23.1 Å². The van der Waals surface area contributed by atoms with E-state index in [2.05, 4.69) is 5.32 Å². The van der Waals surface area contributed by atoms with Crippen LogP contribution in [-0.2, 0) is 0 Å². The smallest absolute Gasteiger partial charge is 0.299 e. The Morgan fingerprint density at radius 3 is 1.84 bits per heavy atom. The molecule has 7 heteroatoms. The molecule has 0 unspecified atom stereocenters. The first-order valence-electron chi connectivity index (χ1n) is 6.10. The van der Waals surface area contributed by atoms with Gasteiger partial charge in [0.05, 0.1) is 9.85 Å². The molecule has 0 saturated heterocycles. The Hall–Kier alpha value is -2.18. The van der Waals surface area contributed by atoms with E-state index in [0.29, 0.717) is 5.56 Å². The molecule has 0 aliphatic heterocycles. The number of hydrogen-bond acceptors (Lipinski definition) is 5. The highest BCUT2D eigenvalue weighted by Gasteiger charge is 2.27. The molecule has 0 fully saturated rings. The number of nitro benzene ring substituents is 2. The molecule has 0 saturated carbocycles. The Morgan fingerprint density at radius 2 is 1.53 bits per heavy atom. The first-order chi connectivity index (χ1) is 8.90. The molecule has 104 valence electrons. The summed E-state index contributed by atoms with van der Waals surface area (Å²) >= 11 is 0. The maximum atomic E-state index is 11.0. The standard InChI is InChI=1S/C12H17N3O4/c1-4-9(5-2)13-12-10(14(16)17)6-8(3)7-11(12)15(18)19/h6-7,9,13H,4-5H2,1-3H3. The van der Waals surface area contributed by atoms with Crippen molar-refractivity contribution < 1.29 is 9.85 Å². The fraction of sp³-hybridized carbons (Fsp3) is 0.500. The molecule has 0 aliphatic carbocycles. The SMILES string of the molecule is CCC(CC)Nc1c([N+](=O)[O-])cc(C)cc1[N+](=O)[O-]. The summed E-state index contributed by atoms with van der Waals surface area (Å²) in [5.41, 5.74) is -0.0139. The zero-order valence-electron chi connectivity index (χ0n) is 11.2. The maximum absolute atomic E-state index is 11.0. The number of benzene rings is 1. The van der Waals surface area contributed by atoms with Crippen LogP contribution in [0.4, 0.5) is 17.1 Å². The van der Waals surface area contributed by atoms with E-state index in [9.17, 15) is 20.2 Å². The number of nitro groups is 2. The summed E-state index contributed by atoms with van der Waals surface area (Å²) in [5, 5.41) is 25.0. The van der Waals surface area contributed by atoms with Crippen molar-refractivity contribution in [3.63, 3.8) is 0 Å². The Kier molecular flexibility index (Phi) is 4.80. The molecule has 7 nitrogen and oxygen atoms in total. The van der Waals surface area contributed by atoms with Gasteiger partial charge in [0.2, 0.25) is 0 Å². The van der Waals surface area contributed by atoms with E-state index >= 15 is 0 Å². The number of hydrogen-bond donors (Lipinski definition) is 1. The van der Waals surface area contributed by atoms with Gasteiger partial charge < -0.3 is 5.32 Å². The number of rotatable bonds is 6. The Bertz CT molecular complexity index is 463. The van der Waals surface area contributed by atoms with Crippen molar-refractivity contribution in [2.24, 2.45) is 0 Å². The summed E-state index contributed by atoms with van der Waals surface area (Å²) in [7, 11) is 0. The largest absolute Gasteiger partial charge is 0.371 e. The first-order valence-corrected chi connectivity index (χ1v) is 6.10. The summed E-state index contributed by atoms with van der Waals surface area (Å²) in [6, 6.07) is 2.66. The zero-order chi connectivity index (χ0) is 14.6. The minimum atomic E-state index is -0.593. The average Bonchev–Trinajstić information content (AvgIpc) is 2.36. The minimum absolute atomic E-state index is 0.00528. The van der Waals surface area contributed by atoms with Crippen molar-refractivity contribution in [1.29, 1.82) is 0 Å². The number of aryl methyl sites for hydroxylation is 1. The van der Waals surface area contributed by atoms with Crippen LogP contribution in [0.3, 0.4) is 0 Å². The van der Waals surface area contributed by atoms with Gasteiger partial charge in [0.1, 0.15) is 0 Å². The summed E-state index contributed by atoms with van der Waals surface area (Å²) < 4.78 is 0. The molecule has 0 amide bonds. The molecule has 1 rings (SSSR count). The normalized spacial score (nSPS) is 10.5. The van der Waals surface area contributed by atoms with Gasteiger partial charge in [0.15, 0.2) is 5.69 Å². The average molecular weight is 267 g/mol. The van der Waals surface area contributed by atoms with Crippen LogP contribution >= 0.6 is 0 Å². The highest BCUT2D eigenvalue weighted by atomic mass is 16.6. The van der Waals surface area contributed by atoms with Crippen LogP contribution < -0.4 is 5.32 Å². The highest BCUT2D eigenvalue weighted by molar-refractivity contribution is 5.75. The van der Waals surface area contributed by atoms with Gasteiger partial charge in [-0.25, -0.2) is 0 Å². The molecule has 19 heavy (non-hydrogen) atoms. The van der Waals surface area contributed by atoms with Crippen molar-refractivity contribution in [1.82, 2.24) is 0 Å². The third-order valence-electron chi connectivity index (χ3n) is 2.97. The third-order valence-corrected chi connectivity index (χ3v) is 2.97. The molecule has 0 bridgehead atoms. The maximum Gasteiger partial charge on any atom is 0.299 e. The second-order valence-corrected chi connectivity index (χ2v) is 4.35. The number of anilines is 1. The van der Waals surface area contributed by atoms with Crippen molar-refractivity contribution in [2.75, 3.05) is 5.32 Å². The quantitative estimate of drug-likeness (QED) is 0.629. The molecule has 0 atom stereocenters. The van der Waals surface area contributed by atoms with Gasteiger partial charge in [-0.05, 0) is 25.3 Å². The van der Waals surface area contributed by atoms with Crippen molar-refractivity contribution >= 4 is 17.1 Å². The Balaban J connectivity index is 3.38. The number of nitrogens with one attached hydrogen (secondary N) is 1. The van der Waals surface area contributed by atoms with Crippen LogP contribution in [0.15, 0.2) is 12.1 Å². The summed E-state index contributed by atoms with van der Waals surface area (Å²) in [5.74, 6) is 0. The fourth-order valence-corrected chi connectivity index (χ4v) is 1.88. The van der Waals surface area contributed by atoms with Crippen LogP contribution in [0.2, 0.25) is 0 Å². The van der Waals surface area contributed by atoms with Crippen LogP contribution in [0.1, 0.15) is 32.3 Å². The Morgan fingerprint density at radius 1 is 1.11 bits per heavy atom. The van der Waals surface area contributed by atoms with Gasteiger partial charge in [-0.2, -0.15) is 0 Å². The monoisotopic (exact) mass is 267 g/mol. The fourth-order valence-electron chi connectivity index (χ4n) is 1.88. The lowest BCUT2D eigenvalue weighted by Crippen LogP contribution is -2.19. The van der Waals surface area contributed by atoms with E-state index < -0.39 is 9.85 Å². The summed E-state index contributed by atoms with van der Waals surface area (Å²) in [4.78, 5) is 20.9. The molecule has 0 aromatic heterocycles. The molecule has 0 aliphatic rings. The van der Waals surface area contributed by atoms with Gasteiger partial charge >= 0.3 is 0 Å². The molecule has 0 radical (unpaired) electrons. The molecule has 1 aromatic carbocycles. The van der Waals surface area contributed by atoms with Gasteiger partial charge in [-0.15, -0.1) is 0 Å². The Labute approximate surface area is 110 Å². The highest BCUT2D eigenvalue weighted by Crippen LogP contribution is 2.36. The van der Waals surface area contributed by atoms with E-state index in [1.54, 1.807) is 6.92 Å². The van der Waals surface area contributed by atoms with E-state index in [4.69, 9.17) is 0 Å². The third kappa shape index (κ3) is 3.40. The van der Waals surface area contributed by atoms with Crippen LogP contribution in [0, 0.1) is 27.2 Å². The van der Waals surface area contributed by atoms with Crippen LogP contribution in [0.25, 0.3) is 0 Å². The molecule has 0 spiro atoms. The van der Waals surface area contributed by atoms with Crippen molar-refractivity contribution in [3.05, 3.63) is 37.9 Å². The van der Waals surface area contributed by atoms with Gasteiger partial charge in [-0.3, -0.25) is 20.2 Å². The summed E-state index contributed by atoms with van der Waals surface area (Å²) in [6.07, 6.45) is 1.47. The van der Waals surface area contributed by atoms with Crippen molar-refractivity contribution in [3.8, 4) is 0 Å². The lowest BCUT2D eigenvalue weighted by atomic mass is 10.1. The van der Waals surface area contributed by atoms with Crippen LogP contribution in [0.5, 0.6) is 0 Å². The van der Waals surface area contributed by atoms with E-state index in [0.717, 1.165) is 12.8 Å². The molecule has 0 heterocycles. The predicted octanol–water partition coefficient (Wildman–Crippen LogP) is 3.41. The second-order valence-electron chi connectivity index (χ2n) is 4.35. The minimum Gasteiger partial charge on any atom is -0.371 e. The lowest BCUT2D eigenvalue weighted by molar-refractivity contribution is -0.392. The van der Waals surface area contributed by atoms with Gasteiger partial charge in [0.25, 0.3) is 11.4 Å². The summed E-state index contributed by atoms with van der Waals surface area (Å²) in [6.45, 7) is 5.45. The van der Waals surface area contributed by atoms with E-state index in [1.807, 2.05) is 13.8 Å². The molecular formula is C12H17N3O4. The van der Waals surface area contributed by atoms with Crippen molar-refractivity contribution in [2.45, 2.75) is 39.7 Å². The van der Waals surface area contributed by atoms with Crippen LogP contribution in [-0.4, -0.2) is 15.9 Å². The predicted molar refractivity (Wildman–Crippen MR) is 72.5 cm³/mol. The van der Waals surface area contributed by atoms with E-state index in [1.165, 1.54) is 12.1 Å². The second kappa shape index (κ2) is 6.12. The van der Waals surface area contributed by atoms with Gasteiger partial charge in [0, 0.05) is 18.2 Å². The number of nitrogens with zero attached hydrogens (tertiary/aromatic N) is 2. The molecule has 1 aromatic rings. The lowest BCUT2D eigenvalue weighted by Gasteiger charge is -2.16. The van der Waals surface area contributed by atoms with Gasteiger partial charge in [-0.1, -0.05) is 13.8 Å². The molecular weight excluding hydrogens is 250 g/mol. The first kappa shape index (κ1) is 14.9. The topological polar surface area (TPSA) is 98.3 Å². The zero-order valence-corrected chi connectivity index (χ0v) is 11.2. The molecule has 1 N–H and O–H groups in total.